The molecule has 1 aromatic heterocycles. The van der Waals surface area contributed by atoms with Crippen LogP contribution in [0.3, 0.4) is 0 Å². The zero-order chi connectivity index (χ0) is 22.1. The average molecular weight is 426 g/mol. The van der Waals surface area contributed by atoms with E-state index in [4.69, 9.17) is 18.6 Å². The molecule has 5 rings (SSSR count). The number of carbonyl (C=O) groups excluding carboxylic acids is 2. The summed E-state index contributed by atoms with van der Waals surface area (Å²) in [5.41, 5.74) is 1.82. The van der Waals surface area contributed by atoms with Gasteiger partial charge >= 0.3 is 5.97 Å². The smallest absolute Gasteiger partial charge is 0.379 e. The van der Waals surface area contributed by atoms with Crippen molar-refractivity contribution >= 4 is 28.8 Å². The number of furan rings is 1. The first kappa shape index (κ1) is 19.6. The number of para-hydroxylation sites is 1. The standard InChI is InChI=1S/C26H18O6/c1-2-29-18-9-7-16(8-10-18)13-23-25(27)20-12-11-19(15-22(20)32-23)30-26(28)24-14-17-5-3-4-6-21(17)31-24/h3-15H,2H2,1H3/b23-13-. The highest BCUT2D eigenvalue weighted by Gasteiger charge is 2.28. The highest BCUT2D eigenvalue weighted by Crippen LogP contribution is 2.35. The monoisotopic (exact) mass is 426 g/mol. The maximum absolute atomic E-state index is 12.7. The quantitative estimate of drug-likeness (QED) is 0.233. The Morgan fingerprint density at radius 2 is 1.75 bits per heavy atom. The summed E-state index contributed by atoms with van der Waals surface area (Å²) < 4.78 is 22.1. The van der Waals surface area contributed by atoms with Gasteiger partial charge in [-0.3, -0.25) is 4.79 Å². The number of allylic oxidation sites excluding steroid dienone is 1. The first-order chi connectivity index (χ1) is 15.6. The maximum atomic E-state index is 12.7. The zero-order valence-corrected chi connectivity index (χ0v) is 17.2. The van der Waals surface area contributed by atoms with Crippen LogP contribution in [0.4, 0.5) is 0 Å². The van der Waals surface area contributed by atoms with Gasteiger partial charge in [-0.25, -0.2) is 4.79 Å². The van der Waals surface area contributed by atoms with Gasteiger partial charge in [0.25, 0.3) is 0 Å². The van der Waals surface area contributed by atoms with Crippen LogP contribution in [0.1, 0.15) is 33.4 Å². The van der Waals surface area contributed by atoms with Gasteiger partial charge in [-0.2, -0.15) is 0 Å². The number of fused-ring (bicyclic) bond motifs is 2. The van der Waals surface area contributed by atoms with Crippen LogP contribution in [0.5, 0.6) is 17.2 Å². The molecule has 0 saturated heterocycles. The van der Waals surface area contributed by atoms with Crippen molar-refractivity contribution in [2.45, 2.75) is 6.92 Å². The number of hydrogen-bond donors (Lipinski definition) is 0. The Morgan fingerprint density at radius 1 is 0.969 bits per heavy atom. The molecule has 3 aromatic carbocycles. The summed E-state index contributed by atoms with van der Waals surface area (Å²) in [5.74, 6) is 0.781. The van der Waals surface area contributed by atoms with Gasteiger partial charge in [-0.15, -0.1) is 0 Å². The lowest BCUT2D eigenvalue weighted by Gasteiger charge is -2.04. The molecule has 1 aliphatic rings. The van der Waals surface area contributed by atoms with E-state index in [-0.39, 0.29) is 23.1 Å². The molecular formula is C26H18O6. The number of ketones is 1. The molecule has 0 fully saturated rings. The molecule has 0 bridgehead atoms. The van der Waals surface area contributed by atoms with Crippen LogP contribution in [0.25, 0.3) is 17.0 Å². The first-order valence-electron chi connectivity index (χ1n) is 10.1. The summed E-state index contributed by atoms with van der Waals surface area (Å²) in [6.07, 6.45) is 1.66. The van der Waals surface area contributed by atoms with E-state index in [0.29, 0.717) is 23.5 Å². The third-order valence-corrected chi connectivity index (χ3v) is 4.97. The molecule has 0 radical (unpaired) electrons. The Hall–Kier alpha value is -4.32. The van der Waals surface area contributed by atoms with Crippen molar-refractivity contribution in [2.24, 2.45) is 0 Å². The second kappa shape index (κ2) is 8.07. The summed E-state index contributed by atoms with van der Waals surface area (Å²) in [5, 5.41) is 0.811. The van der Waals surface area contributed by atoms with Crippen LogP contribution >= 0.6 is 0 Å². The lowest BCUT2D eigenvalue weighted by atomic mass is 10.1. The minimum Gasteiger partial charge on any atom is -0.494 e. The van der Waals surface area contributed by atoms with Crippen molar-refractivity contribution < 1.29 is 28.2 Å². The SMILES string of the molecule is CCOc1ccc(/C=C2\Oc3cc(OC(=O)c4cc5ccccc5o4)ccc3C2=O)cc1. The number of hydrogen-bond acceptors (Lipinski definition) is 6. The molecular weight excluding hydrogens is 408 g/mol. The van der Waals surface area contributed by atoms with Gasteiger partial charge in [-0.1, -0.05) is 30.3 Å². The molecule has 0 saturated carbocycles. The lowest BCUT2D eigenvalue weighted by Crippen LogP contribution is -2.07. The average Bonchev–Trinajstić information content (AvgIpc) is 3.37. The van der Waals surface area contributed by atoms with Gasteiger partial charge in [0, 0.05) is 11.5 Å². The third-order valence-electron chi connectivity index (χ3n) is 4.97. The highest BCUT2D eigenvalue weighted by molar-refractivity contribution is 6.14. The van der Waals surface area contributed by atoms with E-state index in [2.05, 4.69) is 0 Å². The van der Waals surface area contributed by atoms with Gasteiger partial charge < -0.3 is 18.6 Å². The molecule has 2 heterocycles. The maximum Gasteiger partial charge on any atom is 0.379 e. The van der Waals surface area contributed by atoms with Crippen LogP contribution in [0.2, 0.25) is 0 Å². The minimum absolute atomic E-state index is 0.0970. The van der Waals surface area contributed by atoms with Crippen molar-refractivity contribution in [1.29, 1.82) is 0 Å². The van der Waals surface area contributed by atoms with Crippen molar-refractivity contribution in [3.05, 3.63) is 95.4 Å². The van der Waals surface area contributed by atoms with Crippen LogP contribution in [0.15, 0.2) is 83.0 Å². The summed E-state index contributed by atoms with van der Waals surface area (Å²) in [6.45, 7) is 2.50. The molecule has 0 N–H and O–H groups in total. The molecule has 0 aliphatic carbocycles. The highest BCUT2D eigenvalue weighted by atomic mass is 16.5. The zero-order valence-electron chi connectivity index (χ0n) is 17.2. The third kappa shape index (κ3) is 3.74. The van der Waals surface area contributed by atoms with Gasteiger partial charge in [-0.05, 0) is 55.0 Å². The second-order valence-corrected chi connectivity index (χ2v) is 7.14. The van der Waals surface area contributed by atoms with Crippen LogP contribution < -0.4 is 14.2 Å². The molecule has 1 aliphatic heterocycles. The van der Waals surface area contributed by atoms with Gasteiger partial charge in [0.15, 0.2) is 5.76 Å². The van der Waals surface area contributed by atoms with Gasteiger partial charge in [0.1, 0.15) is 22.8 Å². The fraction of sp³-hybridized carbons (Fsp3) is 0.0769. The minimum atomic E-state index is -0.629. The molecule has 6 heteroatoms. The molecule has 4 aromatic rings. The lowest BCUT2D eigenvalue weighted by molar-refractivity contribution is 0.0703. The van der Waals surface area contributed by atoms with Crippen LogP contribution in [-0.4, -0.2) is 18.4 Å². The number of ether oxygens (including phenoxy) is 3. The predicted molar refractivity (Wildman–Crippen MR) is 118 cm³/mol. The van der Waals surface area contributed by atoms with E-state index in [1.165, 1.54) is 6.07 Å². The summed E-state index contributed by atoms with van der Waals surface area (Å²) in [6, 6.07) is 21.0. The summed E-state index contributed by atoms with van der Waals surface area (Å²) in [4.78, 5) is 25.2. The molecule has 6 nitrogen and oxygen atoms in total. The van der Waals surface area contributed by atoms with Crippen LogP contribution in [0, 0.1) is 0 Å². The molecule has 0 atom stereocenters. The Balaban J connectivity index is 1.33. The summed E-state index contributed by atoms with van der Waals surface area (Å²) in [7, 11) is 0. The molecule has 158 valence electrons. The Morgan fingerprint density at radius 3 is 2.53 bits per heavy atom. The summed E-state index contributed by atoms with van der Waals surface area (Å²) >= 11 is 0. The predicted octanol–water partition coefficient (Wildman–Crippen LogP) is 5.67. The van der Waals surface area contributed by atoms with E-state index in [9.17, 15) is 9.59 Å². The first-order valence-corrected chi connectivity index (χ1v) is 10.1. The Bertz CT molecular complexity index is 1330. The number of esters is 1. The normalized spacial score (nSPS) is 13.8. The van der Waals surface area contributed by atoms with Crippen LogP contribution in [-0.2, 0) is 0 Å². The van der Waals surface area contributed by atoms with E-state index < -0.39 is 5.97 Å². The molecule has 0 unspecified atom stereocenters. The van der Waals surface area contributed by atoms with E-state index in [1.54, 1.807) is 30.3 Å². The fourth-order valence-corrected chi connectivity index (χ4v) is 3.45. The van der Waals surface area contributed by atoms with E-state index in [1.807, 2.05) is 49.4 Å². The number of carbonyl (C=O) groups is 2. The number of Topliss-reactive ketones (excluding diaryl/α,β-unsaturated/α-hetero) is 1. The number of benzene rings is 3. The van der Waals surface area contributed by atoms with E-state index >= 15 is 0 Å². The Kier molecular flexibility index (Phi) is 4.95. The largest absolute Gasteiger partial charge is 0.494 e. The van der Waals surface area contributed by atoms with Crippen molar-refractivity contribution in [1.82, 2.24) is 0 Å². The molecule has 32 heavy (non-hydrogen) atoms. The molecule has 0 spiro atoms. The topological polar surface area (TPSA) is 75.0 Å². The van der Waals surface area contributed by atoms with Gasteiger partial charge in [0.2, 0.25) is 11.5 Å². The molecule has 0 amide bonds. The van der Waals surface area contributed by atoms with Crippen molar-refractivity contribution in [3.8, 4) is 17.2 Å². The van der Waals surface area contributed by atoms with Crippen molar-refractivity contribution in [3.63, 3.8) is 0 Å². The van der Waals surface area contributed by atoms with E-state index in [0.717, 1.165) is 16.7 Å². The Labute approximate surface area is 183 Å². The number of rotatable bonds is 5. The second-order valence-electron chi connectivity index (χ2n) is 7.14. The fourth-order valence-electron chi connectivity index (χ4n) is 3.45. The van der Waals surface area contributed by atoms with Gasteiger partial charge in [0.05, 0.1) is 12.2 Å². The van der Waals surface area contributed by atoms with Crippen molar-refractivity contribution in [2.75, 3.05) is 6.61 Å².